The fourth-order valence-electron chi connectivity index (χ4n) is 3.13. The second-order valence-corrected chi connectivity index (χ2v) is 5.64. The molecule has 1 aromatic heterocycles. The fourth-order valence-corrected chi connectivity index (χ4v) is 3.13. The van der Waals surface area contributed by atoms with Crippen LogP contribution in [0.15, 0.2) is 24.3 Å². The number of rotatable bonds is 2. The normalized spacial score (nSPS) is 17.8. The molecule has 1 aromatic carbocycles. The van der Waals surface area contributed by atoms with Crippen molar-refractivity contribution in [2.45, 2.75) is 38.0 Å². The number of nitrogens with zero attached hydrogens (tertiary/aromatic N) is 1. The van der Waals surface area contributed by atoms with Crippen molar-refractivity contribution in [2.24, 2.45) is 0 Å². The van der Waals surface area contributed by atoms with Gasteiger partial charge < -0.3 is 5.73 Å². The SMILES string of the molecule is CC1(c2[nH]nc(N)c2-c2cccc(F)c2)CCCC1. The number of halogens is 1. The van der Waals surface area contributed by atoms with E-state index in [1.54, 1.807) is 6.07 Å². The van der Waals surface area contributed by atoms with Crippen molar-refractivity contribution in [1.82, 2.24) is 10.2 Å². The van der Waals surface area contributed by atoms with Crippen LogP contribution in [-0.2, 0) is 5.41 Å². The lowest BCUT2D eigenvalue weighted by molar-refractivity contribution is 0.476. The van der Waals surface area contributed by atoms with Gasteiger partial charge in [0.05, 0.1) is 5.69 Å². The van der Waals surface area contributed by atoms with Crippen LogP contribution in [0.1, 0.15) is 38.3 Å². The van der Waals surface area contributed by atoms with Gasteiger partial charge >= 0.3 is 0 Å². The molecular weight excluding hydrogens is 241 g/mol. The van der Waals surface area contributed by atoms with Crippen LogP contribution in [0.5, 0.6) is 0 Å². The summed E-state index contributed by atoms with van der Waals surface area (Å²) in [6.45, 7) is 2.23. The van der Waals surface area contributed by atoms with Gasteiger partial charge in [-0.15, -0.1) is 0 Å². The van der Waals surface area contributed by atoms with Crippen LogP contribution in [0.2, 0.25) is 0 Å². The maximum atomic E-state index is 13.4. The molecule has 3 rings (SSSR count). The second kappa shape index (κ2) is 4.37. The molecule has 1 heterocycles. The number of benzene rings is 1. The van der Waals surface area contributed by atoms with Gasteiger partial charge in [0.2, 0.25) is 0 Å². The van der Waals surface area contributed by atoms with Gasteiger partial charge in [0.1, 0.15) is 5.82 Å². The lowest BCUT2D eigenvalue weighted by Crippen LogP contribution is -2.18. The van der Waals surface area contributed by atoms with Crippen LogP contribution >= 0.6 is 0 Å². The Morgan fingerprint density at radius 3 is 2.74 bits per heavy atom. The summed E-state index contributed by atoms with van der Waals surface area (Å²) >= 11 is 0. The van der Waals surface area contributed by atoms with Crippen LogP contribution in [0.4, 0.5) is 10.2 Å². The number of aromatic amines is 1. The number of nitrogens with two attached hydrogens (primary N) is 1. The molecule has 0 aliphatic heterocycles. The van der Waals surface area contributed by atoms with Gasteiger partial charge in [0.25, 0.3) is 0 Å². The molecule has 100 valence electrons. The summed E-state index contributed by atoms with van der Waals surface area (Å²) in [5, 5.41) is 7.22. The van der Waals surface area contributed by atoms with Crippen LogP contribution in [0.25, 0.3) is 11.1 Å². The zero-order valence-electron chi connectivity index (χ0n) is 11.0. The third-order valence-corrected chi connectivity index (χ3v) is 4.22. The van der Waals surface area contributed by atoms with Gasteiger partial charge in [0, 0.05) is 11.0 Å². The van der Waals surface area contributed by atoms with Crippen molar-refractivity contribution in [3.8, 4) is 11.1 Å². The molecule has 0 bridgehead atoms. The molecule has 0 radical (unpaired) electrons. The minimum Gasteiger partial charge on any atom is -0.382 e. The third kappa shape index (κ3) is 2.01. The molecule has 3 N–H and O–H groups in total. The van der Waals surface area contributed by atoms with Crippen molar-refractivity contribution in [3.05, 3.63) is 35.8 Å². The highest BCUT2D eigenvalue weighted by atomic mass is 19.1. The second-order valence-electron chi connectivity index (χ2n) is 5.64. The summed E-state index contributed by atoms with van der Waals surface area (Å²) in [5.41, 5.74) is 8.78. The predicted molar refractivity (Wildman–Crippen MR) is 74.2 cm³/mol. The Balaban J connectivity index is 2.13. The number of hydrogen-bond donors (Lipinski definition) is 2. The molecular formula is C15H18FN3. The summed E-state index contributed by atoms with van der Waals surface area (Å²) in [5.74, 6) is 0.203. The van der Waals surface area contributed by atoms with Crippen LogP contribution < -0.4 is 5.73 Å². The summed E-state index contributed by atoms with van der Waals surface area (Å²) in [6, 6.07) is 6.55. The van der Waals surface area contributed by atoms with Crippen molar-refractivity contribution >= 4 is 5.82 Å². The smallest absolute Gasteiger partial charge is 0.153 e. The first-order valence-corrected chi connectivity index (χ1v) is 6.70. The first-order valence-electron chi connectivity index (χ1n) is 6.70. The standard InChI is InChI=1S/C15H18FN3/c1-15(7-2-3-8-15)13-12(14(17)19-18-13)10-5-4-6-11(16)9-10/h4-6,9H,2-3,7-8H2,1H3,(H3,17,18,19). The molecule has 19 heavy (non-hydrogen) atoms. The van der Waals surface area contributed by atoms with Crippen molar-refractivity contribution in [3.63, 3.8) is 0 Å². The Morgan fingerprint density at radius 2 is 2.05 bits per heavy atom. The van der Waals surface area contributed by atoms with Gasteiger partial charge in [0.15, 0.2) is 5.82 Å². The van der Waals surface area contributed by atoms with Crippen molar-refractivity contribution in [2.75, 3.05) is 5.73 Å². The monoisotopic (exact) mass is 259 g/mol. The van der Waals surface area contributed by atoms with Crippen LogP contribution in [-0.4, -0.2) is 10.2 Å². The van der Waals surface area contributed by atoms with Gasteiger partial charge in [-0.05, 0) is 30.5 Å². The van der Waals surface area contributed by atoms with E-state index in [1.807, 2.05) is 6.07 Å². The highest BCUT2D eigenvalue weighted by Crippen LogP contribution is 2.45. The molecule has 2 aromatic rings. The first-order chi connectivity index (χ1) is 9.10. The fraction of sp³-hybridized carbons (Fsp3) is 0.400. The summed E-state index contributed by atoms with van der Waals surface area (Å²) in [4.78, 5) is 0. The minimum absolute atomic E-state index is 0.0757. The molecule has 0 amide bonds. The van der Waals surface area contributed by atoms with E-state index in [-0.39, 0.29) is 11.2 Å². The zero-order chi connectivity index (χ0) is 13.5. The quantitative estimate of drug-likeness (QED) is 0.865. The Bertz CT molecular complexity index is 597. The molecule has 0 spiro atoms. The Hall–Kier alpha value is -1.84. The van der Waals surface area contributed by atoms with Crippen molar-refractivity contribution < 1.29 is 4.39 Å². The topological polar surface area (TPSA) is 54.7 Å². The largest absolute Gasteiger partial charge is 0.382 e. The zero-order valence-corrected chi connectivity index (χ0v) is 11.0. The Morgan fingerprint density at radius 1 is 1.32 bits per heavy atom. The Labute approximate surface area is 112 Å². The number of nitrogen functional groups attached to an aromatic ring is 1. The number of aromatic nitrogens is 2. The molecule has 0 atom stereocenters. The maximum absolute atomic E-state index is 13.4. The van der Waals surface area contributed by atoms with Gasteiger partial charge in [-0.1, -0.05) is 31.9 Å². The average Bonchev–Trinajstić information content (AvgIpc) is 2.97. The maximum Gasteiger partial charge on any atom is 0.153 e. The van der Waals surface area contributed by atoms with E-state index in [2.05, 4.69) is 17.1 Å². The Kier molecular flexibility index (Phi) is 2.81. The molecule has 1 fully saturated rings. The van der Waals surface area contributed by atoms with Crippen LogP contribution in [0, 0.1) is 5.82 Å². The molecule has 1 aliphatic carbocycles. The first kappa shape index (κ1) is 12.2. The van der Waals surface area contributed by atoms with E-state index in [1.165, 1.54) is 25.0 Å². The van der Waals surface area contributed by atoms with Gasteiger partial charge in [-0.3, -0.25) is 5.10 Å². The van der Waals surface area contributed by atoms with E-state index in [4.69, 9.17) is 5.73 Å². The van der Waals surface area contributed by atoms with Gasteiger partial charge in [-0.2, -0.15) is 5.10 Å². The molecule has 1 saturated carbocycles. The third-order valence-electron chi connectivity index (χ3n) is 4.22. The summed E-state index contributed by atoms with van der Waals surface area (Å²) in [7, 11) is 0. The summed E-state index contributed by atoms with van der Waals surface area (Å²) in [6.07, 6.45) is 4.68. The number of nitrogens with one attached hydrogen (secondary N) is 1. The highest BCUT2D eigenvalue weighted by molar-refractivity contribution is 5.77. The molecule has 0 unspecified atom stereocenters. The van der Waals surface area contributed by atoms with E-state index in [0.29, 0.717) is 5.82 Å². The number of H-pyrrole nitrogens is 1. The van der Waals surface area contributed by atoms with E-state index >= 15 is 0 Å². The minimum atomic E-state index is -0.249. The van der Waals surface area contributed by atoms with E-state index in [9.17, 15) is 4.39 Å². The number of anilines is 1. The average molecular weight is 259 g/mol. The lowest BCUT2D eigenvalue weighted by atomic mass is 9.81. The van der Waals surface area contributed by atoms with Gasteiger partial charge in [-0.25, -0.2) is 4.39 Å². The highest BCUT2D eigenvalue weighted by Gasteiger charge is 2.35. The van der Waals surface area contributed by atoms with Crippen LogP contribution in [0.3, 0.4) is 0 Å². The lowest BCUT2D eigenvalue weighted by Gasteiger charge is -2.23. The van der Waals surface area contributed by atoms with E-state index < -0.39 is 0 Å². The van der Waals surface area contributed by atoms with Crippen molar-refractivity contribution in [1.29, 1.82) is 0 Å². The predicted octanol–water partition coefficient (Wildman–Crippen LogP) is 3.63. The number of hydrogen-bond acceptors (Lipinski definition) is 2. The molecule has 3 nitrogen and oxygen atoms in total. The molecule has 0 saturated heterocycles. The molecule has 1 aliphatic rings. The summed E-state index contributed by atoms with van der Waals surface area (Å²) < 4.78 is 13.4. The van der Waals surface area contributed by atoms with E-state index in [0.717, 1.165) is 29.7 Å². The molecule has 4 heteroatoms.